The van der Waals surface area contributed by atoms with Crippen molar-refractivity contribution < 1.29 is 9.31 Å². The summed E-state index contributed by atoms with van der Waals surface area (Å²) in [5, 5.41) is 16.9. The van der Waals surface area contributed by atoms with E-state index in [1.807, 2.05) is 35.7 Å². The number of hydrogen-bond donors (Lipinski definition) is 1. The second-order valence-corrected chi connectivity index (χ2v) is 5.70. The number of benzene rings is 2. The van der Waals surface area contributed by atoms with Crippen LogP contribution in [0.2, 0.25) is 0 Å². The van der Waals surface area contributed by atoms with Crippen LogP contribution in [0.15, 0.2) is 60.1 Å². The molecule has 3 aromatic rings. The van der Waals surface area contributed by atoms with Crippen molar-refractivity contribution in [3.63, 3.8) is 0 Å². The molecular weight excluding hydrogens is 317 g/mol. The lowest BCUT2D eigenvalue weighted by Gasteiger charge is -2.18. The summed E-state index contributed by atoms with van der Waals surface area (Å²) < 4.78 is 13.3. The van der Waals surface area contributed by atoms with Gasteiger partial charge < -0.3 is 5.32 Å². The highest BCUT2D eigenvalue weighted by Crippen LogP contribution is 2.32. The van der Waals surface area contributed by atoms with Crippen LogP contribution < -0.4 is 5.32 Å². The highest BCUT2D eigenvalue weighted by molar-refractivity contribution is 7.09. The van der Waals surface area contributed by atoms with Crippen molar-refractivity contribution in [2.75, 3.05) is 5.32 Å². The summed E-state index contributed by atoms with van der Waals surface area (Å²) in [6, 6.07) is 12.6. The molecule has 0 aliphatic carbocycles. The average Bonchev–Trinajstić information content (AvgIpc) is 3.08. The van der Waals surface area contributed by atoms with Gasteiger partial charge in [-0.05, 0) is 17.7 Å². The Kier molecular flexibility index (Phi) is 4.29. The molecule has 0 aliphatic heterocycles. The Labute approximate surface area is 135 Å². The first-order valence-electron chi connectivity index (χ1n) is 6.80. The van der Waals surface area contributed by atoms with Crippen molar-refractivity contribution in [1.29, 1.82) is 0 Å². The van der Waals surface area contributed by atoms with Gasteiger partial charge in [-0.2, -0.15) is 0 Å². The molecule has 0 aliphatic rings. The Hall–Kier alpha value is -2.80. The van der Waals surface area contributed by atoms with E-state index in [1.165, 1.54) is 23.5 Å². The van der Waals surface area contributed by atoms with E-state index in [-0.39, 0.29) is 17.4 Å². The second-order valence-electron chi connectivity index (χ2n) is 4.78. The number of aromatic nitrogens is 1. The summed E-state index contributed by atoms with van der Waals surface area (Å²) >= 11 is 1.44. The van der Waals surface area contributed by atoms with Gasteiger partial charge >= 0.3 is 0 Å². The van der Waals surface area contributed by atoms with Gasteiger partial charge in [0.05, 0.1) is 11.0 Å². The van der Waals surface area contributed by atoms with Crippen molar-refractivity contribution in [3.8, 4) is 0 Å². The number of nitrogens with zero attached hydrogens (tertiary/aromatic N) is 2. The van der Waals surface area contributed by atoms with Crippen LogP contribution in [0.3, 0.4) is 0 Å². The second kappa shape index (κ2) is 6.53. The summed E-state index contributed by atoms with van der Waals surface area (Å²) in [6.45, 7) is 0. The zero-order valence-electron chi connectivity index (χ0n) is 11.8. The molecule has 0 saturated heterocycles. The molecule has 1 heterocycles. The molecule has 1 atom stereocenters. The van der Waals surface area contributed by atoms with Gasteiger partial charge in [0.25, 0.3) is 5.69 Å². The maximum absolute atomic E-state index is 13.3. The van der Waals surface area contributed by atoms with Gasteiger partial charge in [0, 0.05) is 11.6 Å². The number of nitro benzene ring substituents is 1. The largest absolute Gasteiger partial charge is 0.366 e. The molecule has 1 aromatic heterocycles. The summed E-state index contributed by atoms with van der Waals surface area (Å²) in [5.74, 6) is -0.646. The maximum Gasteiger partial charge on any atom is 0.295 e. The zero-order chi connectivity index (χ0) is 16.2. The van der Waals surface area contributed by atoms with Crippen LogP contribution in [0.1, 0.15) is 16.6 Å². The fourth-order valence-electron chi connectivity index (χ4n) is 2.24. The number of thiazole rings is 1. The lowest BCUT2D eigenvalue weighted by Crippen LogP contribution is -2.13. The molecule has 23 heavy (non-hydrogen) atoms. The zero-order valence-corrected chi connectivity index (χ0v) is 12.7. The normalized spacial score (nSPS) is 11.9. The third kappa shape index (κ3) is 3.35. The molecule has 1 unspecified atom stereocenters. The third-order valence-corrected chi connectivity index (χ3v) is 4.13. The smallest absolute Gasteiger partial charge is 0.295 e. The van der Waals surface area contributed by atoms with Crippen molar-refractivity contribution in [1.82, 2.24) is 4.98 Å². The van der Waals surface area contributed by atoms with Gasteiger partial charge in [-0.25, -0.2) is 9.37 Å². The fourth-order valence-corrected chi connectivity index (χ4v) is 2.96. The first-order chi connectivity index (χ1) is 11.1. The molecule has 0 amide bonds. The minimum absolute atomic E-state index is 0.250. The first kappa shape index (κ1) is 15.1. The van der Waals surface area contributed by atoms with E-state index >= 15 is 0 Å². The van der Waals surface area contributed by atoms with Gasteiger partial charge in [0.1, 0.15) is 22.6 Å². The molecule has 3 rings (SSSR count). The molecule has 7 heteroatoms. The van der Waals surface area contributed by atoms with E-state index in [0.717, 1.165) is 16.6 Å². The number of halogens is 1. The number of nitrogens with one attached hydrogen (secondary N) is 1. The minimum Gasteiger partial charge on any atom is -0.366 e. The Morgan fingerprint density at radius 3 is 2.65 bits per heavy atom. The molecule has 0 radical (unpaired) electrons. The highest BCUT2D eigenvalue weighted by atomic mass is 32.1. The van der Waals surface area contributed by atoms with E-state index in [0.29, 0.717) is 0 Å². The topological polar surface area (TPSA) is 68.1 Å². The van der Waals surface area contributed by atoms with Gasteiger partial charge in [0.15, 0.2) is 0 Å². The molecule has 2 aromatic carbocycles. The van der Waals surface area contributed by atoms with Crippen LogP contribution in [0, 0.1) is 15.9 Å². The Balaban J connectivity index is 2.02. The van der Waals surface area contributed by atoms with Gasteiger partial charge in [-0.3, -0.25) is 10.1 Å². The molecule has 0 fully saturated rings. The maximum atomic E-state index is 13.3. The van der Waals surface area contributed by atoms with Crippen molar-refractivity contribution in [3.05, 3.63) is 86.6 Å². The minimum atomic E-state index is -0.646. The monoisotopic (exact) mass is 329 g/mol. The summed E-state index contributed by atoms with van der Waals surface area (Å²) in [6.07, 6.45) is 1.68. The summed E-state index contributed by atoms with van der Waals surface area (Å²) in [5.41, 5.74) is 0.865. The molecule has 1 N–H and O–H groups in total. The molecule has 116 valence electrons. The van der Waals surface area contributed by atoms with Crippen molar-refractivity contribution in [2.24, 2.45) is 0 Å². The number of hydrogen-bond acceptors (Lipinski definition) is 5. The molecule has 0 saturated carbocycles. The first-order valence-corrected chi connectivity index (χ1v) is 7.68. The lowest BCUT2D eigenvalue weighted by atomic mass is 10.1. The quantitative estimate of drug-likeness (QED) is 0.557. The molecular formula is C16H12FN3O2S. The Morgan fingerprint density at radius 2 is 2.00 bits per heavy atom. The van der Waals surface area contributed by atoms with Gasteiger partial charge in [0.2, 0.25) is 0 Å². The Bertz CT molecular complexity index is 809. The molecule has 0 spiro atoms. The standard InChI is InChI=1S/C16H12FN3O2S/c17-12-6-7-13(14(10-12)20(21)22)19-15(16-18-8-9-23-16)11-4-2-1-3-5-11/h1-10,15,19H. The van der Waals surface area contributed by atoms with Crippen LogP contribution in [-0.2, 0) is 0 Å². The van der Waals surface area contributed by atoms with Crippen LogP contribution in [0.4, 0.5) is 15.8 Å². The highest BCUT2D eigenvalue weighted by Gasteiger charge is 2.22. The molecule has 5 nitrogen and oxygen atoms in total. The SMILES string of the molecule is O=[N+]([O-])c1cc(F)ccc1NC(c1ccccc1)c1nccs1. The summed E-state index contributed by atoms with van der Waals surface area (Å²) in [4.78, 5) is 14.9. The van der Waals surface area contributed by atoms with Crippen LogP contribution >= 0.6 is 11.3 Å². The fraction of sp³-hybridized carbons (Fsp3) is 0.0625. The summed E-state index contributed by atoms with van der Waals surface area (Å²) in [7, 11) is 0. The van der Waals surface area contributed by atoms with E-state index in [2.05, 4.69) is 10.3 Å². The van der Waals surface area contributed by atoms with E-state index in [4.69, 9.17) is 0 Å². The van der Waals surface area contributed by atoms with Crippen LogP contribution in [0.25, 0.3) is 0 Å². The number of nitro groups is 1. The molecule has 0 bridgehead atoms. The van der Waals surface area contributed by atoms with Gasteiger partial charge in [-0.15, -0.1) is 11.3 Å². The predicted molar refractivity (Wildman–Crippen MR) is 87.1 cm³/mol. The Morgan fingerprint density at radius 1 is 1.22 bits per heavy atom. The van der Waals surface area contributed by atoms with Crippen molar-refractivity contribution >= 4 is 22.7 Å². The van der Waals surface area contributed by atoms with Gasteiger partial charge in [-0.1, -0.05) is 30.3 Å². The van der Waals surface area contributed by atoms with E-state index < -0.39 is 10.7 Å². The van der Waals surface area contributed by atoms with E-state index in [9.17, 15) is 14.5 Å². The van der Waals surface area contributed by atoms with Crippen LogP contribution in [0.5, 0.6) is 0 Å². The third-order valence-electron chi connectivity index (χ3n) is 3.29. The predicted octanol–water partition coefficient (Wildman–Crippen LogP) is 4.39. The number of anilines is 1. The van der Waals surface area contributed by atoms with Crippen molar-refractivity contribution in [2.45, 2.75) is 6.04 Å². The van der Waals surface area contributed by atoms with E-state index in [1.54, 1.807) is 6.20 Å². The van der Waals surface area contributed by atoms with Crippen LogP contribution in [-0.4, -0.2) is 9.91 Å². The number of rotatable bonds is 5. The average molecular weight is 329 g/mol. The lowest BCUT2D eigenvalue weighted by molar-refractivity contribution is -0.384.